The second kappa shape index (κ2) is 8.03. The standard InChI is InChI=1S/C5H10N2O3.C5H7NO3/c6-3(5(9)10)1-2-4(7)8;7-4-2-1-3(6-4)5(8)9/h3H,1-2,6H2,(H2,7,8)(H,9,10);3H,1-2H2,(H,6,7)(H,8,9). The lowest BCUT2D eigenvalue weighted by molar-refractivity contribution is -0.140. The summed E-state index contributed by atoms with van der Waals surface area (Å²) < 4.78 is 0. The van der Waals surface area contributed by atoms with Gasteiger partial charge in [0.05, 0.1) is 0 Å². The number of nitrogens with one attached hydrogen (secondary N) is 1. The van der Waals surface area contributed by atoms with Crippen molar-refractivity contribution in [2.45, 2.75) is 37.8 Å². The van der Waals surface area contributed by atoms with Gasteiger partial charge >= 0.3 is 11.9 Å². The normalized spacial score (nSPS) is 18.8. The number of rotatable bonds is 5. The van der Waals surface area contributed by atoms with Crippen LogP contribution in [0.25, 0.3) is 0 Å². The van der Waals surface area contributed by atoms with Gasteiger partial charge in [-0.1, -0.05) is 0 Å². The molecule has 1 heterocycles. The molecule has 1 aliphatic heterocycles. The molecule has 1 rings (SSSR count). The van der Waals surface area contributed by atoms with Gasteiger partial charge in [0.15, 0.2) is 0 Å². The van der Waals surface area contributed by atoms with Crippen LogP contribution in [0.1, 0.15) is 25.7 Å². The minimum atomic E-state index is -1.11. The van der Waals surface area contributed by atoms with Crippen molar-refractivity contribution >= 4 is 23.8 Å². The molecule has 1 aliphatic rings. The summed E-state index contributed by atoms with van der Waals surface area (Å²) in [6.45, 7) is 0. The Balaban J connectivity index is 0.000000342. The van der Waals surface area contributed by atoms with E-state index < -0.39 is 29.9 Å². The second-order valence-corrected chi connectivity index (χ2v) is 3.95. The molecule has 0 aliphatic carbocycles. The Kier molecular flexibility index (Phi) is 7.12. The molecule has 0 spiro atoms. The van der Waals surface area contributed by atoms with E-state index in [2.05, 4.69) is 5.32 Å². The predicted octanol–water partition coefficient (Wildman–Crippen LogP) is -1.99. The first kappa shape index (κ1) is 16.8. The van der Waals surface area contributed by atoms with Gasteiger partial charge in [-0.15, -0.1) is 0 Å². The molecule has 108 valence electrons. The molecule has 7 N–H and O–H groups in total. The Hall–Kier alpha value is -2.16. The summed E-state index contributed by atoms with van der Waals surface area (Å²) in [6.07, 6.45) is 0.892. The van der Waals surface area contributed by atoms with Crippen LogP contribution in [0.4, 0.5) is 0 Å². The van der Waals surface area contributed by atoms with Crippen LogP contribution in [-0.4, -0.2) is 46.0 Å². The third-order valence-electron chi connectivity index (χ3n) is 2.31. The minimum Gasteiger partial charge on any atom is -0.480 e. The molecular weight excluding hydrogens is 258 g/mol. The zero-order valence-electron chi connectivity index (χ0n) is 10.2. The second-order valence-electron chi connectivity index (χ2n) is 3.95. The molecule has 1 fully saturated rings. The monoisotopic (exact) mass is 275 g/mol. The summed E-state index contributed by atoms with van der Waals surface area (Å²) in [6, 6.07) is -1.62. The highest BCUT2D eigenvalue weighted by Gasteiger charge is 2.26. The minimum absolute atomic E-state index is 0.0213. The Morgan fingerprint density at radius 1 is 1.37 bits per heavy atom. The van der Waals surface area contributed by atoms with Crippen molar-refractivity contribution in [3.8, 4) is 0 Å². The molecule has 0 aromatic heterocycles. The van der Waals surface area contributed by atoms with E-state index in [-0.39, 0.29) is 18.7 Å². The largest absolute Gasteiger partial charge is 0.480 e. The maximum atomic E-state index is 10.4. The molecule has 19 heavy (non-hydrogen) atoms. The Labute approximate surface area is 108 Å². The fraction of sp³-hybridized carbons (Fsp3) is 0.600. The summed E-state index contributed by atoms with van der Waals surface area (Å²) in [5, 5.41) is 18.8. The van der Waals surface area contributed by atoms with Crippen LogP contribution in [0.2, 0.25) is 0 Å². The van der Waals surface area contributed by atoms with E-state index in [1.807, 2.05) is 0 Å². The quantitative estimate of drug-likeness (QED) is 0.386. The molecule has 1 saturated heterocycles. The summed E-state index contributed by atoms with van der Waals surface area (Å²) in [5.74, 6) is -2.75. The van der Waals surface area contributed by atoms with E-state index >= 15 is 0 Å². The third kappa shape index (κ3) is 7.71. The summed E-state index contributed by atoms with van der Waals surface area (Å²) in [4.78, 5) is 40.7. The maximum Gasteiger partial charge on any atom is 0.326 e. The molecule has 0 aromatic carbocycles. The average Bonchev–Trinajstić information content (AvgIpc) is 2.73. The first-order chi connectivity index (χ1) is 8.73. The number of aliphatic carboxylic acids is 2. The van der Waals surface area contributed by atoms with Gasteiger partial charge in [-0.2, -0.15) is 0 Å². The molecule has 0 saturated carbocycles. The average molecular weight is 275 g/mol. The first-order valence-electron chi connectivity index (χ1n) is 5.53. The van der Waals surface area contributed by atoms with Gasteiger partial charge in [-0.25, -0.2) is 4.79 Å². The van der Waals surface area contributed by atoms with E-state index in [9.17, 15) is 19.2 Å². The molecule has 0 radical (unpaired) electrons. The van der Waals surface area contributed by atoms with Gasteiger partial charge in [0.2, 0.25) is 11.8 Å². The molecule has 0 aromatic rings. The topological polar surface area (TPSA) is 173 Å². The Bertz CT molecular complexity index is 370. The zero-order valence-corrected chi connectivity index (χ0v) is 10.2. The SMILES string of the molecule is NC(=O)CCC(N)C(=O)O.O=C1CCC(C(=O)O)N1. The van der Waals surface area contributed by atoms with Crippen molar-refractivity contribution in [3.63, 3.8) is 0 Å². The summed E-state index contributed by atoms with van der Waals surface area (Å²) >= 11 is 0. The Morgan fingerprint density at radius 2 is 1.95 bits per heavy atom. The van der Waals surface area contributed by atoms with E-state index in [4.69, 9.17) is 21.7 Å². The number of hydrogen-bond donors (Lipinski definition) is 5. The molecule has 0 bridgehead atoms. The fourth-order valence-corrected chi connectivity index (χ4v) is 1.22. The van der Waals surface area contributed by atoms with Crippen molar-refractivity contribution in [2.24, 2.45) is 11.5 Å². The smallest absolute Gasteiger partial charge is 0.326 e. The number of carbonyl (C=O) groups excluding carboxylic acids is 2. The molecule has 2 atom stereocenters. The van der Waals surface area contributed by atoms with Crippen LogP contribution in [0.3, 0.4) is 0 Å². The zero-order chi connectivity index (χ0) is 15.0. The van der Waals surface area contributed by atoms with Crippen molar-refractivity contribution in [1.82, 2.24) is 5.32 Å². The van der Waals surface area contributed by atoms with Crippen molar-refractivity contribution in [3.05, 3.63) is 0 Å². The fourth-order valence-electron chi connectivity index (χ4n) is 1.22. The number of carboxylic acid groups (broad SMARTS) is 2. The van der Waals surface area contributed by atoms with Crippen LogP contribution >= 0.6 is 0 Å². The van der Waals surface area contributed by atoms with Gasteiger partial charge in [0.25, 0.3) is 0 Å². The van der Waals surface area contributed by atoms with Crippen LogP contribution in [0.15, 0.2) is 0 Å². The van der Waals surface area contributed by atoms with Crippen LogP contribution < -0.4 is 16.8 Å². The number of hydrogen-bond acceptors (Lipinski definition) is 5. The number of primary amides is 1. The van der Waals surface area contributed by atoms with Crippen molar-refractivity contribution < 1.29 is 29.4 Å². The van der Waals surface area contributed by atoms with Crippen molar-refractivity contribution in [2.75, 3.05) is 0 Å². The Morgan fingerprint density at radius 3 is 2.21 bits per heavy atom. The van der Waals surface area contributed by atoms with E-state index in [1.54, 1.807) is 0 Å². The molecule has 9 heteroatoms. The van der Waals surface area contributed by atoms with Gasteiger partial charge in [0, 0.05) is 12.8 Å². The lowest BCUT2D eigenvalue weighted by atomic mass is 10.2. The van der Waals surface area contributed by atoms with Crippen molar-refractivity contribution in [1.29, 1.82) is 0 Å². The summed E-state index contributed by atoms with van der Waals surface area (Å²) in [5.41, 5.74) is 9.81. The molecular formula is C10H17N3O6. The van der Waals surface area contributed by atoms with Gasteiger partial charge in [-0.3, -0.25) is 14.4 Å². The first-order valence-corrected chi connectivity index (χ1v) is 5.53. The maximum absolute atomic E-state index is 10.4. The van der Waals surface area contributed by atoms with E-state index in [0.717, 1.165) is 0 Å². The molecule has 9 nitrogen and oxygen atoms in total. The van der Waals surface area contributed by atoms with Gasteiger partial charge in [0.1, 0.15) is 12.1 Å². The summed E-state index contributed by atoms with van der Waals surface area (Å²) in [7, 11) is 0. The highest BCUT2D eigenvalue weighted by Crippen LogP contribution is 2.05. The van der Waals surface area contributed by atoms with E-state index in [0.29, 0.717) is 12.8 Å². The highest BCUT2D eigenvalue weighted by molar-refractivity contribution is 5.87. The van der Waals surface area contributed by atoms with Crippen LogP contribution in [-0.2, 0) is 19.2 Å². The predicted molar refractivity (Wildman–Crippen MR) is 62.8 cm³/mol. The lowest BCUT2D eigenvalue weighted by Crippen LogP contribution is -2.32. The number of carboxylic acids is 2. The molecule has 2 unspecified atom stereocenters. The van der Waals surface area contributed by atoms with E-state index in [1.165, 1.54) is 0 Å². The number of carbonyl (C=O) groups is 4. The van der Waals surface area contributed by atoms with Gasteiger partial charge < -0.3 is 27.0 Å². The van der Waals surface area contributed by atoms with Crippen LogP contribution in [0, 0.1) is 0 Å². The van der Waals surface area contributed by atoms with Gasteiger partial charge in [-0.05, 0) is 12.8 Å². The highest BCUT2D eigenvalue weighted by atomic mass is 16.4. The lowest BCUT2D eigenvalue weighted by Gasteiger charge is -2.01. The number of nitrogens with two attached hydrogens (primary N) is 2. The van der Waals surface area contributed by atoms with Crippen LogP contribution in [0.5, 0.6) is 0 Å². The number of amides is 2. The molecule has 2 amide bonds. The third-order valence-corrected chi connectivity index (χ3v) is 2.31.